The monoisotopic (exact) mass is 318 g/mol. The Balaban J connectivity index is 4.29. The Morgan fingerprint density at radius 2 is 1.82 bits per heavy atom. The van der Waals surface area contributed by atoms with E-state index in [1.165, 1.54) is 0 Å². The first-order valence-corrected chi connectivity index (χ1v) is 7.02. The van der Waals surface area contributed by atoms with Gasteiger partial charge in [0, 0.05) is 6.54 Å². The third kappa shape index (κ3) is 9.14. The number of aliphatic carboxylic acids is 1. The summed E-state index contributed by atoms with van der Waals surface area (Å²) in [6, 6.07) is -2.00. The number of carboxylic acid groups (broad SMARTS) is 1. The largest absolute Gasteiger partial charge is 0.480 e. The van der Waals surface area contributed by atoms with E-state index >= 15 is 0 Å². The quantitative estimate of drug-likeness (QED) is 0.390. The van der Waals surface area contributed by atoms with Crippen LogP contribution in [0.1, 0.15) is 33.6 Å². The van der Waals surface area contributed by atoms with Crippen LogP contribution in [-0.2, 0) is 14.3 Å². The second-order valence-corrected chi connectivity index (χ2v) is 5.80. The fraction of sp³-hybridized carbons (Fsp3) is 0.769. The summed E-state index contributed by atoms with van der Waals surface area (Å²) in [5.74, 6) is -1.80. The summed E-state index contributed by atoms with van der Waals surface area (Å²) in [5, 5.41) is 13.8. The Morgan fingerprint density at radius 3 is 2.27 bits per heavy atom. The number of rotatable bonds is 8. The Labute approximate surface area is 129 Å². The fourth-order valence-electron chi connectivity index (χ4n) is 1.48. The number of nitrogens with one attached hydrogen (secondary N) is 2. The maximum absolute atomic E-state index is 11.7. The van der Waals surface area contributed by atoms with Gasteiger partial charge >= 0.3 is 12.1 Å². The smallest absolute Gasteiger partial charge is 0.407 e. The maximum atomic E-state index is 11.7. The molecule has 9 heteroatoms. The van der Waals surface area contributed by atoms with Gasteiger partial charge in [0.05, 0.1) is 6.04 Å². The third-order valence-electron chi connectivity index (χ3n) is 2.53. The molecule has 7 N–H and O–H groups in total. The summed E-state index contributed by atoms with van der Waals surface area (Å²) >= 11 is 0. The molecule has 0 bridgehead atoms. The van der Waals surface area contributed by atoms with Crippen LogP contribution in [0, 0.1) is 0 Å². The lowest BCUT2D eigenvalue weighted by molar-refractivity contribution is -0.142. The number of nitrogens with two attached hydrogens (primary N) is 2. The Bertz CT molecular complexity index is 394. The molecule has 0 aliphatic carbocycles. The molecule has 0 aromatic carbocycles. The van der Waals surface area contributed by atoms with E-state index in [2.05, 4.69) is 10.6 Å². The predicted molar refractivity (Wildman–Crippen MR) is 80.1 cm³/mol. The highest BCUT2D eigenvalue weighted by Gasteiger charge is 2.23. The molecule has 2 amide bonds. The summed E-state index contributed by atoms with van der Waals surface area (Å²) in [5.41, 5.74) is 10.2. The summed E-state index contributed by atoms with van der Waals surface area (Å²) in [6.45, 7) is 5.41. The van der Waals surface area contributed by atoms with Crippen LogP contribution in [0.2, 0.25) is 0 Å². The van der Waals surface area contributed by atoms with Crippen LogP contribution in [0.3, 0.4) is 0 Å². The van der Waals surface area contributed by atoms with E-state index in [0.29, 0.717) is 0 Å². The molecule has 22 heavy (non-hydrogen) atoms. The predicted octanol–water partition coefficient (Wildman–Crippen LogP) is -0.853. The van der Waals surface area contributed by atoms with Crippen molar-refractivity contribution < 1.29 is 24.2 Å². The van der Waals surface area contributed by atoms with Gasteiger partial charge in [0.1, 0.15) is 11.6 Å². The number of hydrogen-bond donors (Lipinski definition) is 5. The van der Waals surface area contributed by atoms with Crippen LogP contribution in [0.15, 0.2) is 0 Å². The zero-order valence-corrected chi connectivity index (χ0v) is 13.2. The van der Waals surface area contributed by atoms with Crippen LogP contribution < -0.4 is 22.1 Å². The van der Waals surface area contributed by atoms with E-state index in [1.807, 2.05) is 0 Å². The molecule has 9 nitrogen and oxygen atoms in total. The number of carboxylic acids is 1. The molecule has 0 fully saturated rings. The molecule has 128 valence electrons. The van der Waals surface area contributed by atoms with E-state index in [9.17, 15) is 14.4 Å². The first-order chi connectivity index (χ1) is 10.1. The normalized spacial score (nSPS) is 13.9. The zero-order valence-electron chi connectivity index (χ0n) is 13.2. The summed E-state index contributed by atoms with van der Waals surface area (Å²) < 4.78 is 5.01. The second-order valence-electron chi connectivity index (χ2n) is 5.80. The number of carbonyl (C=O) groups excluding carboxylic acids is 2. The van der Waals surface area contributed by atoms with Gasteiger partial charge in [0.25, 0.3) is 0 Å². The van der Waals surface area contributed by atoms with E-state index in [-0.39, 0.29) is 25.9 Å². The molecule has 0 unspecified atom stereocenters. The van der Waals surface area contributed by atoms with Crippen molar-refractivity contribution in [1.82, 2.24) is 10.6 Å². The summed E-state index contributed by atoms with van der Waals surface area (Å²) in [6.07, 6.45) is -0.382. The van der Waals surface area contributed by atoms with Gasteiger partial charge in [-0.05, 0) is 40.2 Å². The van der Waals surface area contributed by atoms with Crippen molar-refractivity contribution in [3.8, 4) is 0 Å². The van der Waals surface area contributed by atoms with E-state index in [1.54, 1.807) is 20.8 Å². The molecule has 0 aliphatic heterocycles. The topological polar surface area (TPSA) is 157 Å². The van der Waals surface area contributed by atoms with Crippen LogP contribution in [0.5, 0.6) is 0 Å². The van der Waals surface area contributed by atoms with Crippen molar-refractivity contribution in [2.75, 3.05) is 13.1 Å². The van der Waals surface area contributed by atoms with Crippen LogP contribution >= 0.6 is 0 Å². The molecular weight excluding hydrogens is 292 g/mol. The van der Waals surface area contributed by atoms with Crippen molar-refractivity contribution >= 4 is 18.0 Å². The second kappa shape index (κ2) is 9.21. The molecule has 0 saturated heterocycles. The molecule has 0 heterocycles. The van der Waals surface area contributed by atoms with E-state index in [4.69, 9.17) is 21.3 Å². The average molecular weight is 318 g/mol. The minimum Gasteiger partial charge on any atom is -0.480 e. The first-order valence-electron chi connectivity index (χ1n) is 7.02. The average Bonchev–Trinajstić information content (AvgIpc) is 2.35. The number of alkyl carbamates (subject to hydrolysis) is 1. The van der Waals surface area contributed by atoms with Crippen molar-refractivity contribution in [2.24, 2.45) is 11.5 Å². The van der Waals surface area contributed by atoms with Crippen LogP contribution in [-0.4, -0.2) is 53.9 Å². The van der Waals surface area contributed by atoms with Gasteiger partial charge in [-0.2, -0.15) is 0 Å². The number of hydrogen-bond acceptors (Lipinski definition) is 6. The minimum atomic E-state index is -1.21. The molecule has 0 aromatic rings. The molecular formula is C13H26N4O5. The molecule has 0 spiro atoms. The fourth-order valence-corrected chi connectivity index (χ4v) is 1.48. The van der Waals surface area contributed by atoms with Gasteiger partial charge in [0.15, 0.2) is 0 Å². The van der Waals surface area contributed by atoms with Gasteiger partial charge in [-0.25, -0.2) is 9.59 Å². The van der Waals surface area contributed by atoms with Gasteiger partial charge in [-0.1, -0.05) is 0 Å². The highest BCUT2D eigenvalue weighted by atomic mass is 16.6. The van der Waals surface area contributed by atoms with Crippen molar-refractivity contribution in [2.45, 2.75) is 51.3 Å². The Hall–Kier alpha value is -1.87. The lowest BCUT2D eigenvalue weighted by Crippen LogP contribution is -2.50. The van der Waals surface area contributed by atoms with Gasteiger partial charge in [-0.15, -0.1) is 0 Å². The number of ether oxygens (including phenoxy) is 1. The zero-order chi connectivity index (χ0) is 17.3. The molecule has 0 aromatic heterocycles. The van der Waals surface area contributed by atoms with Crippen molar-refractivity contribution in [3.05, 3.63) is 0 Å². The molecule has 0 saturated carbocycles. The van der Waals surface area contributed by atoms with Crippen molar-refractivity contribution in [1.29, 1.82) is 0 Å². The van der Waals surface area contributed by atoms with Gasteiger partial charge in [0.2, 0.25) is 5.91 Å². The highest BCUT2D eigenvalue weighted by Crippen LogP contribution is 2.06. The lowest BCUT2D eigenvalue weighted by Gasteiger charge is -2.21. The van der Waals surface area contributed by atoms with E-state index in [0.717, 1.165) is 0 Å². The number of amides is 2. The minimum absolute atomic E-state index is 0.00958. The van der Waals surface area contributed by atoms with Crippen LogP contribution in [0.25, 0.3) is 0 Å². The standard InChI is InChI=1S/C13H26N4O5/c1-13(2,3)22-12(21)16-7-5-9(11(19)20)17-10(18)8(15)4-6-14/h8-9H,4-7,14-15H2,1-3H3,(H,16,21)(H,17,18)(H,19,20)/t8-,9-/m0/s1. The summed E-state index contributed by atoms with van der Waals surface area (Å²) in [7, 11) is 0. The SMILES string of the molecule is CC(C)(C)OC(=O)NCC[C@H](NC(=O)[C@@H](N)CCN)C(=O)O. The van der Waals surface area contributed by atoms with Gasteiger partial charge in [-0.3, -0.25) is 4.79 Å². The lowest BCUT2D eigenvalue weighted by atomic mass is 10.1. The number of carbonyl (C=O) groups is 3. The Kier molecular flexibility index (Phi) is 8.43. The maximum Gasteiger partial charge on any atom is 0.407 e. The van der Waals surface area contributed by atoms with Gasteiger partial charge < -0.3 is 31.9 Å². The molecule has 0 radical (unpaired) electrons. The van der Waals surface area contributed by atoms with Crippen molar-refractivity contribution in [3.63, 3.8) is 0 Å². The molecule has 0 aliphatic rings. The third-order valence-corrected chi connectivity index (χ3v) is 2.53. The molecule has 0 rings (SSSR count). The molecule has 2 atom stereocenters. The Morgan fingerprint density at radius 1 is 1.23 bits per heavy atom. The summed E-state index contributed by atoms with van der Waals surface area (Å²) in [4.78, 5) is 34.2. The highest BCUT2D eigenvalue weighted by molar-refractivity contribution is 5.86. The van der Waals surface area contributed by atoms with Crippen LogP contribution in [0.4, 0.5) is 4.79 Å². The first kappa shape index (κ1) is 20.1. The van der Waals surface area contributed by atoms with E-state index < -0.39 is 35.7 Å².